The molecule has 3 aliphatic heterocycles. The van der Waals surface area contributed by atoms with Crippen molar-refractivity contribution in [1.82, 2.24) is 10.2 Å². The summed E-state index contributed by atoms with van der Waals surface area (Å²) in [6.45, 7) is 6.12. The van der Waals surface area contributed by atoms with E-state index < -0.39 is 0 Å². The van der Waals surface area contributed by atoms with E-state index in [1.807, 2.05) is 6.07 Å². The molecule has 2 fully saturated rings. The summed E-state index contributed by atoms with van der Waals surface area (Å²) in [5.74, 6) is 1.89. The molecule has 3 heterocycles. The second kappa shape index (κ2) is 10.7. The molecule has 0 bridgehead atoms. The molecule has 2 atom stereocenters. The van der Waals surface area contributed by atoms with Crippen LogP contribution in [0, 0.1) is 5.92 Å². The average Bonchev–Trinajstić information content (AvgIpc) is 3.61. The van der Waals surface area contributed by atoms with Gasteiger partial charge in [0.25, 0.3) is 0 Å². The minimum absolute atomic E-state index is 0.0439. The predicted octanol–water partition coefficient (Wildman–Crippen LogP) is 3.99. The fraction of sp³-hybridized carbons (Fsp3) is 0.567. The van der Waals surface area contributed by atoms with E-state index in [4.69, 9.17) is 9.47 Å². The van der Waals surface area contributed by atoms with Crippen molar-refractivity contribution in [3.63, 3.8) is 0 Å². The zero-order chi connectivity index (χ0) is 24.3. The van der Waals surface area contributed by atoms with E-state index in [2.05, 4.69) is 45.4 Å². The maximum Gasteiger partial charge on any atom is 0.225 e. The van der Waals surface area contributed by atoms with Crippen LogP contribution in [0.1, 0.15) is 48.8 Å². The number of rotatable bonds is 7. The van der Waals surface area contributed by atoms with Crippen LogP contribution in [-0.4, -0.2) is 62.8 Å². The third-order valence-electron chi connectivity index (χ3n) is 8.37. The van der Waals surface area contributed by atoms with Gasteiger partial charge in [0.1, 0.15) is 13.2 Å². The lowest BCUT2D eigenvalue weighted by Crippen LogP contribution is -2.46. The van der Waals surface area contributed by atoms with Gasteiger partial charge in [-0.3, -0.25) is 4.79 Å². The van der Waals surface area contributed by atoms with E-state index in [0.29, 0.717) is 13.2 Å². The molecule has 6 nitrogen and oxygen atoms in total. The Balaban J connectivity index is 1.11. The summed E-state index contributed by atoms with van der Waals surface area (Å²) in [4.78, 5) is 18.4. The molecule has 4 aliphatic rings. The fourth-order valence-electron chi connectivity index (χ4n) is 6.38. The first-order chi connectivity index (χ1) is 17.7. The van der Waals surface area contributed by atoms with E-state index >= 15 is 0 Å². The Morgan fingerprint density at radius 3 is 2.58 bits per heavy atom. The fourth-order valence-corrected chi connectivity index (χ4v) is 6.38. The second-order valence-corrected chi connectivity index (χ2v) is 11.0. The first kappa shape index (κ1) is 23.7. The van der Waals surface area contributed by atoms with E-state index in [9.17, 15) is 4.79 Å². The van der Waals surface area contributed by atoms with Crippen molar-refractivity contribution in [2.75, 3.05) is 50.8 Å². The molecule has 1 aliphatic carbocycles. The van der Waals surface area contributed by atoms with Gasteiger partial charge in [0, 0.05) is 31.4 Å². The van der Waals surface area contributed by atoms with Crippen LogP contribution < -0.4 is 19.7 Å². The van der Waals surface area contributed by atoms with Gasteiger partial charge in [-0.2, -0.15) is 0 Å². The van der Waals surface area contributed by atoms with Gasteiger partial charge in [-0.1, -0.05) is 12.1 Å². The Bertz CT molecular complexity index is 1080. The number of nitrogens with one attached hydrogen (secondary N) is 1. The molecule has 0 saturated carbocycles. The summed E-state index contributed by atoms with van der Waals surface area (Å²) in [6.07, 6.45) is 9.24. The summed E-state index contributed by atoms with van der Waals surface area (Å²) in [7, 11) is 0. The molecule has 0 spiro atoms. The number of carbonyl (C=O) groups excluding carboxylic acids is 1. The molecule has 6 heteroatoms. The maximum absolute atomic E-state index is 13.5. The Hall–Kier alpha value is -2.73. The first-order valence-electron chi connectivity index (χ1n) is 14.0. The summed E-state index contributed by atoms with van der Waals surface area (Å²) in [6, 6.07) is 13.3. The third kappa shape index (κ3) is 5.34. The molecule has 2 aromatic carbocycles. The van der Waals surface area contributed by atoms with Crippen LogP contribution >= 0.6 is 0 Å². The number of hydrogen-bond donors (Lipinski definition) is 1. The number of aryl methyl sites for hydroxylation is 2. The molecule has 6 rings (SSSR count). The molecule has 0 aromatic heterocycles. The van der Waals surface area contributed by atoms with E-state index in [0.717, 1.165) is 57.1 Å². The average molecular weight is 490 g/mol. The highest BCUT2D eigenvalue weighted by molar-refractivity contribution is 5.80. The molecule has 192 valence electrons. The number of benzene rings is 2. The monoisotopic (exact) mass is 489 g/mol. The van der Waals surface area contributed by atoms with Crippen molar-refractivity contribution in [3.8, 4) is 11.5 Å². The quantitative estimate of drug-likeness (QED) is 0.638. The number of carbonyl (C=O) groups is 1. The van der Waals surface area contributed by atoms with Gasteiger partial charge in [0.2, 0.25) is 5.91 Å². The Kier molecular flexibility index (Phi) is 7.04. The molecule has 36 heavy (non-hydrogen) atoms. The number of hydrogen-bond acceptors (Lipinski definition) is 5. The highest BCUT2D eigenvalue weighted by atomic mass is 16.6. The molecule has 2 saturated heterocycles. The van der Waals surface area contributed by atoms with Crippen LogP contribution in [0.25, 0.3) is 0 Å². The maximum atomic E-state index is 13.5. The van der Waals surface area contributed by atoms with Crippen LogP contribution in [-0.2, 0) is 24.1 Å². The molecule has 1 N–H and O–H groups in total. The number of fused-ring (bicyclic) bond motifs is 2. The predicted molar refractivity (Wildman–Crippen MR) is 142 cm³/mol. The normalized spacial score (nSPS) is 22.3. The Labute approximate surface area is 214 Å². The molecule has 0 radical (unpaired) electrons. The molecule has 2 aromatic rings. The van der Waals surface area contributed by atoms with Gasteiger partial charge < -0.3 is 24.6 Å². The zero-order valence-electron chi connectivity index (χ0n) is 21.3. The number of ether oxygens (including phenoxy) is 2. The number of anilines is 1. The minimum atomic E-state index is 0.0439. The van der Waals surface area contributed by atoms with Crippen LogP contribution in [0.15, 0.2) is 36.4 Å². The second-order valence-electron chi connectivity index (χ2n) is 11.0. The Morgan fingerprint density at radius 1 is 0.917 bits per heavy atom. The van der Waals surface area contributed by atoms with Crippen LogP contribution in [0.4, 0.5) is 5.69 Å². The van der Waals surface area contributed by atoms with Gasteiger partial charge in [-0.15, -0.1) is 0 Å². The third-order valence-corrected chi connectivity index (χ3v) is 8.37. The topological polar surface area (TPSA) is 54.0 Å². The van der Waals surface area contributed by atoms with Crippen LogP contribution in [0.5, 0.6) is 11.5 Å². The van der Waals surface area contributed by atoms with Gasteiger partial charge in [0.05, 0.1) is 5.92 Å². The first-order valence-corrected chi connectivity index (χ1v) is 14.0. The molecule has 1 amide bonds. The van der Waals surface area contributed by atoms with Crippen molar-refractivity contribution in [3.05, 3.63) is 53.1 Å². The molecular weight excluding hydrogens is 450 g/mol. The van der Waals surface area contributed by atoms with Crippen molar-refractivity contribution < 1.29 is 14.3 Å². The summed E-state index contributed by atoms with van der Waals surface area (Å²) in [5.41, 5.74) is 5.50. The van der Waals surface area contributed by atoms with Gasteiger partial charge in [-0.05, 0) is 105 Å². The lowest BCUT2D eigenvalue weighted by molar-refractivity contribution is -0.125. The number of nitrogens with zero attached hydrogens (tertiary/aromatic N) is 2. The minimum Gasteiger partial charge on any atom is -0.486 e. The standard InChI is InChI=1S/C30H39N3O3/c34-30(25-11-14-33(20-25)27-9-8-23-5-1-2-6-24(23)19-27)31-26(21-32-12-3-4-13-32)17-22-7-10-28-29(18-22)36-16-15-35-28/h7-10,18-19,25-26H,1-6,11-17,20-21H2,(H,31,34)/t25-,26?/m1/s1. The molecule has 1 unspecified atom stereocenters. The zero-order valence-corrected chi connectivity index (χ0v) is 21.3. The van der Waals surface area contributed by atoms with Crippen molar-refractivity contribution in [2.24, 2.45) is 5.92 Å². The number of likely N-dealkylation sites (tertiary alicyclic amines) is 1. The van der Waals surface area contributed by atoms with Crippen molar-refractivity contribution in [2.45, 2.75) is 57.4 Å². The summed E-state index contributed by atoms with van der Waals surface area (Å²) < 4.78 is 11.5. The van der Waals surface area contributed by atoms with Crippen molar-refractivity contribution >= 4 is 11.6 Å². The highest BCUT2D eigenvalue weighted by Gasteiger charge is 2.31. The van der Waals surface area contributed by atoms with E-state index in [-0.39, 0.29) is 17.9 Å². The number of amides is 1. The summed E-state index contributed by atoms with van der Waals surface area (Å²) >= 11 is 0. The molecular formula is C30H39N3O3. The van der Waals surface area contributed by atoms with Gasteiger partial charge >= 0.3 is 0 Å². The Morgan fingerprint density at radius 2 is 1.72 bits per heavy atom. The van der Waals surface area contributed by atoms with Crippen molar-refractivity contribution in [1.29, 1.82) is 0 Å². The SMILES string of the molecule is O=C(NC(Cc1ccc2c(c1)OCCO2)CN1CCCC1)[C@@H]1CCN(c2ccc3c(c2)CCCC3)C1. The lowest BCUT2D eigenvalue weighted by Gasteiger charge is -2.27. The van der Waals surface area contributed by atoms with Gasteiger partial charge in [-0.25, -0.2) is 0 Å². The van der Waals surface area contributed by atoms with Crippen LogP contribution in [0.3, 0.4) is 0 Å². The van der Waals surface area contributed by atoms with E-state index in [1.165, 1.54) is 60.9 Å². The van der Waals surface area contributed by atoms with Crippen LogP contribution in [0.2, 0.25) is 0 Å². The highest BCUT2D eigenvalue weighted by Crippen LogP contribution is 2.32. The smallest absolute Gasteiger partial charge is 0.225 e. The summed E-state index contributed by atoms with van der Waals surface area (Å²) in [5, 5.41) is 3.46. The van der Waals surface area contributed by atoms with E-state index in [1.54, 1.807) is 0 Å². The van der Waals surface area contributed by atoms with Gasteiger partial charge in [0.15, 0.2) is 11.5 Å². The largest absolute Gasteiger partial charge is 0.486 e. The lowest BCUT2D eigenvalue weighted by atomic mass is 9.91.